The largest absolute Gasteiger partial charge is 0.393 e. The van der Waals surface area contributed by atoms with Gasteiger partial charge in [0.25, 0.3) is 0 Å². The van der Waals surface area contributed by atoms with E-state index in [0.717, 1.165) is 51.1 Å². The minimum Gasteiger partial charge on any atom is -0.393 e. The van der Waals surface area contributed by atoms with Gasteiger partial charge >= 0.3 is 0 Å². The van der Waals surface area contributed by atoms with E-state index in [2.05, 4.69) is 64.7 Å². The first kappa shape index (κ1) is 17.2. The van der Waals surface area contributed by atoms with E-state index in [1.54, 1.807) is 0 Å². The van der Waals surface area contributed by atoms with Crippen molar-refractivity contribution in [3.63, 3.8) is 0 Å². The van der Waals surface area contributed by atoms with Crippen molar-refractivity contribution in [2.24, 2.45) is 0 Å². The third-order valence-electron chi connectivity index (χ3n) is 5.42. The fraction of sp³-hybridized carbons (Fsp3) is 0.429. The molecule has 0 aliphatic carbocycles. The number of aliphatic hydroxyl groups is 1. The second-order valence-corrected chi connectivity index (χ2v) is 7.31. The minimum atomic E-state index is -0.115. The number of hydrogen-bond acceptors (Lipinski definition) is 4. The number of nitrogens with zero attached hydrogens (tertiary/aromatic N) is 4. The normalized spacial score (nSPS) is 16.4. The van der Waals surface area contributed by atoms with Crippen LogP contribution in [0, 0.1) is 6.92 Å². The number of rotatable bonds is 5. The van der Waals surface area contributed by atoms with Gasteiger partial charge in [-0.3, -0.25) is 0 Å². The molecule has 136 valence electrons. The molecule has 1 N–H and O–H groups in total. The molecule has 1 fully saturated rings. The monoisotopic (exact) mass is 350 g/mol. The Bertz CT molecular complexity index is 881. The summed E-state index contributed by atoms with van der Waals surface area (Å²) in [5.74, 6) is 0. The van der Waals surface area contributed by atoms with Gasteiger partial charge in [0.2, 0.25) is 0 Å². The lowest BCUT2D eigenvalue weighted by Crippen LogP contribution is -2.37. The average molecular weight is 350 g/mol. The Kier molecular flexibility index (Phi) is 5.00. The maximum Gasteiger partial charge on any atom is 0.0840 e. The first-order chi connectivity index (χ1) is 12.7. The number of hydrogen-bond donors (Lipinski definition) is 1. The van der Waals surface area contributed by atoms with Crippen LogP contribution in [0.2, 0.25) is 0 Å². The summed E-state index contributed by atoms with van der Waals surface area (Å²) in [4.78, 5) is 2.40. The number of fused-ring (bicyclic) bond motifs is 1. The Morgan fingerprint density at radius 3 is 2.77 bits per heavy atom. The zero-order valence-electron chi connectivity index (χ0n) is 15.3. The Morgan fingerprint density at radius 1 is 1.12 bits per heavy atom. The number of benzene rings is 2. The second-order valence-electron chi connectivity index (χ2n) is 7.31. The van der Waals surface area contributed by atoms with Gasteiger partial charge in [0.05, 0.1) is 18.3 Å². The molecule has 1 aliphatic heterocycles. The summed E-state index contributed by atoms with van der Waals surface area (Å²) in [6.45, 7) is 5.84. The van der Waals surface area contributed by atoms with E-state index in [1.807, 2.05) is 4.68 Å². The Balaban J connectivity index is 1.43. The maximum absolute atomic E-state index is 9.60. The van der Waals surface area contributed by atoms with Gasteiger partial charge in [-0.05, 0) is 41.7 Å². The van der Waals surface area contributed by atoms with Crippen molar-refractivity contribution in [2.75, 3.05) is 19.6 Å². The number of aryl methyl sites for hydroxylation is 1. The molecule has 0 spiro atoms. The van der Waals surface area contributed by atoms with Crippen LogP contribution in [-0.4, -0.2) is 50.7 Å². The zero-order valence-corrected chi connectivity index (χ0v) is 15.3. The summed E-state index contributed by atoms with van der Waals surface area (Å²) < 4.78 is 1.95. The highest BCUT2D eigenvalue weighted by Crippen LogP contribution is 2.23. The average Bonchev–Trinajstić information content (AvgIpc) is 3.11. The van der Waals surface area contributed by atoms with Crippen molar-refractivity contribution in [1.82, 2.24) is 19.9 Å². The summed E-state index contributed by atoms with van der Waals surface area (Å²) in [5, 5.41) is 20.9. The lowest BCUT2D eigenvalue weighted by atomic mass is 10.00. The predicted molar refractivity (Wildman–Crippen MR) is 103 cm³/mol. The molecule has 0 amide bonds. The molecule has 5 nitrogen and oxygen atoms in total. The van der Waals surface area contributed by atoms with Crippen molar-refractivity contribution in [3.05, 3.63) is 59.4 Å². The topological polar surface area (TPSA) is 54.2 Å². The molecule has 0 atom stereocenters. The molecular weight excluding hydrogens is 324 g/mol. The zero-order chi connectivity index (χ0) is 17.9. The molecule has 5 heteroatoms. The van der Waals surface area contributed by atoms with Gasteiger partial charge in [0.15, 0.2) is 0 Å². The Morgan fingerprint density at radius 2 is 1.92 bits per heavy atom. The van der Waals surface area contributed by atoms with Gasteiger partial charge in [-0.1, -0.05) is 41.6 Å². The molecule has 1 aliphatic rings. The van der Waals surface area contributed by atoms with Crippen LogP contribution in [0.3, 0.4) is 0 Å². The Labute approximate surface area is 154 Å². The molecule has 4 rings (SSSR count). The lowest BCUT2D eigenvalue weighted by molar-refractivity contribution is 0.0831. The van der Waals surface area contributed by atoms with E-state index in [9.17, 15) is 5.11 Å². The van der Waals surface area contributed by atoms with Crippen LogP contribution < -0.4 is 0 Å². The van der Waals surface area contributed by atoms with Crippen molar-refractivity contribution in [3.8, 4) is 0 Å². The van der Waals surface area contributed by atoms with Crippen LogP contribution in [0.5, 0.6) is 0 Å². The van der Waals surface area contributed by atoms with Gasteiger partial charge in [0.1, 0.15) is 0 Å². The van der Waals surface area contributed by atoms with E-state index in [-0.39, 0.29) is 6.10 Å². The fourth-order valence-corrected chi connectivity index (χ4v) is 3.76. The summed E-state index contributed by atoms with van der Waals surface area (Å²) in [6.07, 6.45) is 4.63. The number of aliphatic hydroxyl groups excluding tert-OH is 1. The maximum atomic E-state index is 9.60. The second kappa shape index (κ2) is 7.56. The van der Waals surface area contributed by atoms with E-state index in [0.29, 0.717) is 0 Å². The highest BCUT2D eigenvalue weighted by Gasteiger charge is 2.17. The first-order valence-corrected chi connectivity index (χ1v) is 9.46. The first-order valence-electron chi connectivity index (χ1n) is 9.46. The van der Waals surface area contributed by atoms with Crippen molar-refractivity contribution in [2.45, 2.75) is 38.8 Å². The fourth-order valence-electron chi connectivity index (χ4n) is 3.76. The molecule has 2 aromatic carbocycles. The third-order valence-corrected chi connectivity index (χ3v) is 5.42. The van der Waals surface area contributed by atoms with Gasteiger partial charge in [-0.15, -0.1) is 5.10 Å². The van der Waals surface area contributed by atoms with Gasteiger partial charge < -0.3 is 10.0 Å². The minimum absolute atomic E-state index is 0.115. The predicted octanol–water partition coefficient (Wildman–Crippen LogP) is 2.79. The molecular formula is C21H26N4O. The standard InChI is InChI=1S/C21H26N4O/c1-16-6-7-17-4-2-3-5-20(17)21(16)15-25-14-18(22-23-25)8-11-24-12-9-19(26)10-13-24/h2-7,14,19,26H,8-13,15H2,1H3. The highest BCUT2D eigenvalue weighted by atomic mass is 16.3. The molecule has 0 saturated carbocycles. The van der Waals surface area contributed by atoms with Crippen LogP contribution in [-0.2, 0) is 13.0 Å². The molecule has 0 unspecified atom stereocenters. The number of likely N-dealkylation sites (tertiary alicyclic amines) is 1. The van der Waals surface area contributed by atoms with Gasteiger partial charge in [0, 0.05) is 32.3 Å². The summed E-state index contributed by atoms with van der Waals surface area (Å²) >= 11 is 0. The number of aromatic nitrogens is 3. The van der Waals surface area contributed by atoms with Crippen molar-refractivity contribution in [1.29, 1.82) is 0 Å². The molecule has 3 aromatic rings. The molecule has 1 aromatic heterocycles. The van der Waals surface area contributed by atoms with E-state index < -0.39 is 0 Å². The third kappa shape index (κ3) is 3.79. The van der Waals surface area contributed by atoms with Crippen molar-refractivity contribution < 1.29 is 5.11 Å². The molecule has 0 bridgehead atoms. The summed E-state index contributed by atoms with van der Waals surface area (Å²) in [5.41, 5.74) is 3.63. The van der Waals surface area contributed by atoms with E-state index >= 15 is 0 Å². The molecule has 26 heavy (non-hydrogen) atoms. The van der Waals surface area contributed by atoms with Gasteiger partial charge in [-0.2, -0.15) is 0 Å². The molecule has 1 saturated heterocycles. The van der Waals surface area contributed by atoms with Crippen LogP contribution in [0.4, 0.5) is 0 Å². The van der Waals surface area contributed by atoms with Crippen LogP contribution in [0.1, 0.15) is 29.7 Å². The van der Waals surface area contributed by atoms with Crippen LogP contribution in [0.25, 0.3) is 10.8 Å². The quantitative estimate of drug-likeness (QED) is 0.769. The molecule has 2 heterocycles. The van der Waals surface area contributed by atoms with Crippen molar-refractivity contribution >= 4 is 10.8 Å². The number of piperidine rings is 1. The Hall–Kier alpha value is -2.24. The molecule has 0 radical (unpaired) electrons. The van der Waals surface area contributed by atoms with Gasteiger partial charge in [-0.25, -0.2) is 4.68 Å². The summed E-state index contributed by atoms with van der Waals surface area (Å²) in [6, 6.07) is 12.9. The van der Waals surface area contributed by atoms with Crippen LogP contribution in [0.15, 0.2) is 42.6 Å². The van der Waals surface area contributed by atoms with Crippen LogP contribution >= 0.6 is 0 Å². The van der Waals surface area contributed by atoms with E-state index in [1.165, 1.54) is 21.9 Å². The summed E-state index contributed by atoms with van der Waals surface area (Å²) in [7, 11) is 0. The smallest absolute Gasteiger partial charge is 0.0840 e. The lowest BCUT2D eigenvalue weighted by Gasteiger charge is -2.29. The SMILES string of the molecule is Cc1ccc2ccccc2c1Cn1cc(CCN2CCC(O)CC2)nn1. The highest BCUT2D eigenvalue weighted by molar-refractivity contribution is 5.86. The van der Waals surface area contributed by atoms with E-state index in [4.69, 9.17) is 0 Å².